The Hall–Kier alpha value is -2.74. The van der Waals surface area contributed by atoms with E-state index in [0.29, 0.717) is 0 Å². The molecule has 0 aliphatic rings. The van der Waals surface area contributed by atoms with Gasteiger partial charge in [-0.1, -0.05) is 41.5 Å². The van der Waals surface area contributed by atoms with Crippen LogP contribution in [0.15, 0.2) is 73.2 Å². The first kappa shape index (κ1) is 14.2. The summed E-state index contributed by atoms with van der Waals surface area (Å²) in [5, 5.41) is 3.69. The molecule has 2 heteroatoms. The first-order chi connectivity index (χ1) is 10.7. The van der Waals surface area contributed by atoms with Gasteiger partial charge in [-0.25, -0.2) is 0 Å². The fourth-order valence-corrected chi connectivity index (χ4v) is 2.40. The minimum absolute atomic E-state index is 1.07. The zero-order valence-corrected chi connectivity index (χ0v) is 12.8. The van der Waals surface area contributed by atoms with Crippen LogP contribution < -0.4 is 0 Å². The number of benzene rings is 2. The molecule has 0 amide bonds. The number of fused-ring (bicyclic) bond motifs is 2. The van der Waals surface area contributed by atoms with Crippen molar-refractivity contribution < 1.29 is 0 Å². The monoisotopic (exact) mass is 286 g/mol. The molecule has 4 aromatic rings. The van der Waals surface area contributed by atoms with Crippen molar-refractivity contribution in [2.45, 2.75) is 13.8 Å². The van der Waals surface area contributed by atoms with Gasteiger partial charge in [-0.15, -0.1) is 0 Å². The van der Waals surface area contributed by atoms with Gasteiger partial charge in [0.15, 0.2) is 0 Å². The molecule has 22 heavy (non-hydrogen) atoms. The Labute approximate surface area is 130 Å². The lowest BCUT2D eigenvalue weighted by Gasteiger charge is -1.96. The fraction of sp³-hybridized carbons (Fsp3) is 0.100. The first-order valence-corrected chi connectivity index (χ1v) is 7.34. The molecule has 0 bridgehead atoms. The second-order valence-corrected chi connectivity index (χ2v) is 5.43. The predicted octanol–water partition coefficient (Wildman–Crippen LogP) is 5.09. The van der Waals surface area contributed by atoms with Crippen molar-refractivity contribution >= 4 is 21.7 Å². The summed E-state index contributed by atoms with van der Waals surface area (Å²) in [7, 11) is 0. The molecule has 4 rings (SSSR count). The topological polar surface area (TPSA) is 25.8 Å². The average molecular weight is 286 g/mol. The van der Waals surface area contributed by atoms with Crippen LogP contribution in [0.3, 0.4) is 0 Å². The highest BCUT2D eigenvalue weighted by atomic mass is 14.6. The standard InChI is InChI=1S/2C10H9N/c1-8-2-3-10-7-11-5-4-9(10)6-8;1-8-4-5-10-9(7-8)3-2-6-11-10/h2*2-7H,1H3. The summed E-state index contributed by atoms with van der Waals surface area (Å²) >= 11 is 0. The van der Waals surface area contributed by atoms with E-state index >= 15 is 0 Å². The van der Waals surface area contributed by atoms with Crippen LogP contribution >= 0.6 is 0 Å². The van der Waals surface area contributed by atoms with Crippen LogP contribution in [0.25, 0.3) is 21.7 Å². The molecule has 0 saturated heterocycles. The molecule has 0 spiro atoms. The van der Waals surface area contributed by atoms with E-state index in [-0.39, 0.29) is 0 Å². The molecular formula is C20H18N2. The lowest BCUT2D eigenvalue weighted by atomic mass is 10.1. The van der Waals surface area contributed by atoms with Crippen LogP contribution in [-0.4, -0.2) is 9.97 Å². The largest absolute Gasteiger partial charge is 0.264 e. The van der Waals surface area contributed by atoms with Crippen molar-refractivity contribution in [3.63, 3.8) is 0 Å². The Morgan fingerprint density at radius 1 is 0.682 bits per heavy atom. The number of pyridine rings is 2. The molecule has 0 aliphatic carbocycles. The third kappa shape index (κ3) is 3.29. The number of nitrogens with zero attached hydrogens (tertiary/aromatic N) is 2. The number of aryl methyl sites for hydroxylation is 2. The van der Waals surface area contributed by atoms with E-state index in [0.717, 1.165) is 5.52 Å². The fourth-order valence-electron chi connectivity index (χ4n) is 2.40. The summed E-state index contributed by atoms with van der Waals surface area (Å²) in [5.74, 6) is 0. The smallest absolute Gasteiger partial charge is 0.0702 e. The molecule has 2 aromatic carbocycles. The Morgan fingerprint density at radius 2 is 1.45 bits per heavy atom. The van der Waals surface area contributed by atoms with Crippen molar-refractivity contribution in [3.8, 4) is 0 Å². The zero-order chi connectivity index (χ0) is 15.4. The maximum absolute atomic E-state index is 4.22. The second-order valence-electron chi connectivity index (χ2n) is 5.43. The van der Waals surface area contributed by atoms with Crippen LogP contribution in [0.4, 0.5) is 0 Å². The Morgan fingerprint density at radius 3 is 2.32 bits per heavy atom. The maximum atomic E-state index is 4.22. The van der Waals surface area contributed by atoms with E-state index in [2.05, 4.69) is 60.2 Å². The molecule has 0 unspecified atom stereocenters. The summed E-state index contributed by atoms with van der Waals surface area (Å²) in [4.78, 5) is 8.26. The van der Waals surface area contributed by atoms with Gasteiger partial charge in [0, 0.05) is 29.4 Å². The lowest BCUT2D eigenvalue weighted by molar-refractivity contribution is 1.36. The van der Waals surface area contributed by atoms with Crippen LogP contribution in [0, 0.1) is 13.8 Å². The zero-order valence-electron chi connectivity index (χ0n) is 12.8. The molecule has 0 N–H and O–H groups in total. The van der Waals surface area contributed by atoms with Gasteiger partial charge < -0.3 is 0 Å². The molecule has 0 saturated carbocycles. The third-order valence-electron chi connectivity index (χ3n) is 3.55. The summed E-state index contributed by atoms with van der Waals surface area (Å²) in [5.41, 5.74) is 3.65. The molecule has 2 aromatic heterocycles. The first-order valence-electron chi connectivity index (χ1n) is 7.34. The summed E-state index contributed by atoms with van der Waals surface area (Å²) < 4.78 is 0. The summed E-state index contributed by atoms with van der Waals surface area (Å²) in [6.07, 6.45) is 5.52. The van der Waals surface area contributed by atoms with Crippen LogP contribution in [0.1, 0.15) is 11.1 Å². The van der Waals surface area contributed by atoms with E-state index in [1.165, 1.54) is 27.3 Å². The Bertz CT molecular complexity index is 836. The van der Waals surface area contributed by atoms with Gasteiger partial charge in [0.1, 0.15) is 0 Å². The molecular weight excluding hydrogens is 268 g/mol. The molecule has 0 aliphatic heterocycles. The Kier molecular flexibility index (Phi) is 4.10. The van der Waals surface area contributed by atoms with Gasteiger partial charge in [0.2, 0.25) is 0 Å². The molecule has 0 fully saturated rings. The second kappa shape index (κ2) is 6.35. The highest BCUT2D eigenvalue weighted by molar-refractivity contribution is 5.82. The van der Waals surface area contributed by atoms with Crippen molar-refractivity contribution in [1.29, 1.82) is 0 Å². The molecule has 2 nitrogen and oxygen atoms in total. The van der Waals surface area contributed by atoms with Crippen LogP contribution in [-0.2, 0) is 0 Å². The number of aromatic nitrogens is 2. The number of hydrogen-bond acceptors (Lipinski definition) is 2. The number of rotatable bonds is 0. The molecule has 108 valence electrons. The normalized spacial score (nSPS) is 10.3. The molecule has 0 atom stereocenters. The van der Waals surface area contributed by atoms with E-state index in [1.807, 2.05) is 36.8 Å². The van der Waals surface area contributed by atoms with E-state index in [1.54, 1.807) is 0 Å². The van der Waals surface area contributed by atoms with Crippen molar-refractivity contribution in [2.24, 2.45) is 0 Å². The molecule has 2 heterocycles. The van der Waals surface area contributed by atoms with Crippen molar-refractivity contribution in [1.82, 2.24) is 9.97 Å². The van der Waals surface area contributed by atoms with Gasteiger partial charge in [-0.05, 0) is 43.5 Å². The highest BCUT2D eigenvalue weighted by Crippen LogP contribution is 2.13. The average Bonchev–Trinajstić information content (AvgIpc) is 2.55. The van der Waals surface area contributed by atoms with E-state index in [4.69, 9.17) is 0 Å². The minimum Gasteiger partial charge on any atom is -0.264 e. The predicted molar refractivity (Wildman–Crippen MR) is 93.0 cm³/mol. The minimum atomic E-state index is 1.07. The van der Waals surface area contributed by atoms with Gasteiger partial charge in [0.05, 0.1) is 5.52 Å². The van der Waals surface area contributed by atoms with Gasteiger partial charge in [-0.2, -0.15) is 0 Å². The highest BCUT2D eigenvalue weighted by Gasteiger charge is 1.91. The summed E-state index contributed by atoms with van der Waals surface area (Å²) in [6.45, 7) is 4.19. The SMILES string of the molecule is Cc1ccc2cnccc2c1.Cc1ccc2ncccc2c1. The van der Waals surface area contributed by atoms with Crippen LogP contribution in [0.5, 0.6) is 0 Å². The summed E-state index contributed by atoms with van der Waals surface area (Å²) in [6, 6.07) is 18.7. The third-order valence-corrected chi connectivity index (χ3v) is 3.55. The van der Waals surface area contributed by atoms with Gasteiger partial charge >= 0.3 is 0 Å². The quantitative estimate of drug-likeness (QED) is 0.450. The maximum Gasteiger partial charge on any atom is 0.0702 e. The molecule has 0 radical (unpaired) electrons. The van der Waals surface area contributed by atoms with Gasteiger partial charge in [-0.3, -0.25) is 9.97 Å². The Balaban J connectivity index is 0.000000131. The van der Waals surface area contributed by atoms with Gasteiger partial charge in [0.25, 0.3) is 0 Å². The van der Waals surface area contributed by atoms with Crippen molar-refractivity contribution in [3.05, 3.63) is 84.3 Å². The van der Waals surface area contributed by atoms with Crippen molar-refractivity contribution in [2.75, 3.05) is 0 Å². The lowest BCUT2D eigenvalue weighted by Crippen LogP contribution is -1.77. The number of hydrogen-bond donors (Lipinski definition) is 0. The van der Waals surface area contributed by atoms with E-state index in [9.17, 15) is 0 Å². The van der Waals surface area contributed by atoms with Crippen LogP contribution in [0.2, 0.25) is 0 Å². The van der Waals surface area contributed by atoms with E-state index < -0.39 is 0 Å².